The third kappa shape index (κ3) is 3.92. The Morgan fingerprint density at radius 2 is 2.00 bits per heavy atom. The van der Waals surface area contributed by atoms with E-state index in [0.717, 1.165) is 28.9 Å². The first kappa shape index (κ1) is 18.4. The van der Waals surface area contributed by atoms with Crippen molar-refractivity contribution >= 4 is 5.57 Å². The number of allylic oxidation sites excluding steroid dienone is 3. The summed E-state index contributed by atoms with van der Waals surface area (Å²) in [4.78, 5) is 0. The summed E-state index contributed by atoms with van der Waals surface area (Å²) in [6.45, 7) is 14.3. The van der Waals surface area contributed by atoms with Crippen molar-refractivity contribution in [1.82, 2.24) is 0 Å². The number of benzene rings is 1. The fourth-order valence-electron chi connectivity index (χ4n) is 3.25. The lowest BCUT2D eigenvalue weighted by atomic mass is 9.84. The van der Waals surface area contributed by atoms with Crippen LogP contribution < -0.4 is 0 Å². The molecule has 2 rings (SSSR count). The molecule has 0 unspecified atom stereocenters. The van der Waals surface area contributed by atoms with E-state index in [1.165, 1.54) is 24.8 Å². The third-order valence-electron chi connectivity index (χ3n) is 4.55. The highest BCUT2D eigenvalue weighted by Gasteiger charge is 2.34. The van der Waals surface area contributed by atoms with Gasteiger partial charge < -0.3 is 9.84 Å². The molecule has 0 saturated carbocycles. The van der Waals surface area contributed by atoms with Gasteiger partial charge in [0.05, 0.1) is 5.57 Å². The van der Waals surface area contributed by atoms with Crippen molar-refractivity contribution in [3.8, 4) is 0 Å². The maximum atomic E-state index is 10.2. The first-order valence-electron chi connectivity index (χ1n) is 8.86. The van der Waals surface area contributed by atoms with Crippen molar-refractivity contribution in [3.05, 3.63) is 64.6 Å². The number of aliphatic hydroxyl groups excluding tert-OH is 1. The average Bonchev–Trinajstić information content (AvgIpc) is 2.45. The van der Waals surface area contributed by atoms with Crippen LogP contribution in [0.2, 0.25) is 0 Å². The first-order chi connectivity index (χ1) is 11.3. The second kappa shape index (κ2) is 7.29. The molecule has 0 fully saturated rings. The summed E-state index contributed by atoms with van der Waals surface area (Å²) in [5.41, 5.74) is 4.81. The molecule has 1 heterocycles. The predicted octanol–water partition coefficient (Wildman–Crippen LogP) is 6.57. The number of fused-ring (bicyclic) bond motifs is 1. The summed E-state index contributed by atoms with van der Waals surface area (Å²) in [7, 11) is 0. The van der Waals surface area contributed by atoms with Crippen molar-refractivity contribution in [2.24, 2.45) is 0 Å². The minimum atomic E-state index is -0.433. The molecule has 130 valence electrons. The van der Waals surface area contributed by atoms with Gasteiger partial charge in [-0.25, -0.2) is 0 Å². The van der Waals surface area contributed by atoms with Gasteiger partial charge in [0.15, 0.2) is 0 Å². The lowest BCUT2D eigenvalue weighted by Crippen LogP contribution is -2.27. The van der Waals surface area contributed by atoms with Crippen molar-refractivity contribution in [3.63, 3.8) is 0 Å². The van der Waals surface area contributed by atoms with Crippen LogP contribution in [0, 0.1) is 6.92 Å². The Balaban J connectivity index is 2.52. The highest BCUT2D eigenvalue weighted by Crippen LogP contribution is 2.43. The molecule has 1 N–H and O–H groups in total. The van der Waals surface area contributed by atoms with Crippen LogP contribution in [0.25, 0.3) is 5.57 Å². The number of ether oxygens (including phenoxy) is 1. The highest BCUT2D eigenvalue weighted by atomic mass is 16.5. The van der Waals surface area contributed by atoms with E-state index in [9.17, 15) is 5.11 Å². The third-order valence-corrected chi connectivity index (χ3v) is 4.55. The molecule has 2 nitrogen and oxygen atoms in total. The van der Waals surface area contributed by atoms with E-state index < -0.39 is 5.60 Å². The summed E-state index contributed by atoms with van der Waals surface area (Å²) in [5, 5.41) is 10.2. The summed E-state index contributed by atoms with van der Waals surface area (Å²) >= 11 is 0. The molecule has 24 heavy (non-hydrogen) atoms. The minimum Gasteiger partial charge on any atom is -0.508 e. The average molecular weight is 326 g/mol. The molecule has 0 aromatic heterocycles. The van der Waals surface area contributed by atoms with Crippen LogP contribution in [0.4, 0.5) is 0 Å². The van der Waals surface area contributed by atoms with Gasteiger partial charge in [-0.3, -0.25) is 0 Å². The lowest BCUT2D eigenvalue weighted by Gasteiger charge is -2.36. The number of hydrogen-bond acceptors (Lipinski definition) is 2. The fraction of sp³-hybridized carbons (Fsp3) is 0.455. The summed E-state index contributed by atoms with van der Waals surface area (Å²) in [5.74, 6) is 0.782. The monoisotopic (exact) mass is 326 g/mol. The van der Waals surface area contributed by atoms with Crippen molar-refractivity contribution in [2.45, 2.75) is 65.9 Å². The second-order valence-electron chi connectivity index (χ2n) is 7.30. The van der Waals surface area contributed by atoms with E-state index in [4.69, 9.17) is 4.74 Å². The normalized spacial score (nSPS) is 16.6. The molecule has 0 saturated heterocycles. The predicted molar refractivity (Wildman–Crippen MR) is 102 cm³/mol. The standard InChI is InChI=1S/C22H30O2/c1-7-8-9-10-15(2)14-20-21(17(4)23)18-13-16(3)11-12-19(18)22(5,6)24-20/h11-14,23H,4,7-10H2,1-3,5-6H3/b15-14+. The Kier molecular flexibility index (Phi) is 5.58. The van der Waals surface area contributed by atoms with Crippen LogP contribution >= 0.6 is 0 Å². The smallest absolute Gasteiger partial charge is 0.132 e. The largest absolute Gasteiger partial charge is 0.508 e. The molecular weight excluding hydrogens is 296 g/mol. The Bertz CT molecular complexity index is 690. The molecule has 0 bridgehead atoms. The number of aliphatic hydroxyl groups is 1. The van der Waals surface area contributed by atoms with Gasteiger partial charge in [0.1, 0.15) is 17.1 Å². The van der Waals surface area contributed by atoms with Gasteiger partial charge in [0, 0.05) is 5.56 Å². The molecule has 1 aromatic rings. The molecule has 1 aromatic carbocycles. The van der Waals surface area contributed by atoms with Gasteiger partial charge >= 0.3 is 0 Å². The van der Waals surface area contributed by atoms with E-state index in [2.05, 4.69) is 65.5 Å². The number of rotatable bonds is 6. The van der Waals surface area contributed by atoms with Gasteiger partial charge in [-0.2, -0.15) is 0 Å². The fourth-order valence-corrected chi connectivity index (χ4v) is 3.25. The maximum Gasteiger partial charge on any atom is 0.132 e. The van der Waals surface area contributed by atoms with E-state index in [-0.39, 0.29) is 5.76 Å². The van der Waals surface area contributed by atoms with Crippen molar-refractivity contribution in [2.75, 3.05) is 0 Å². The quantitative estimate of drug-likeness (QED) is 0.473. The maximum absolute atomic E-state index is 10.2. The zero-order chi connectivity index (χ0) is 17.9. The van der Waals surface area contributed by atoms with E-state index in [1.54, 1.807) is 0 Å². The lowest BCUT2D eigenvalue weighted by molar-refractivity contribution is 0.0352. The summed E-state index contributed by atoms with van der Waals surface area (Å²) < 4.78 is 6.27. The van der Waals surface area contributed by atoms with Crippen molar-refractivity contribution < 1.29 is 9.84 Å². The van der Waals surface area contributed by atoms with Crippen molar-refractivity contribution in [1.29, 1.82) is 0 Å². The van der Waals surface area contributed by atoms with Crippen LogP contribution in [-0.2, 0) is 10.3 Å². The summed E-state index contributed by atoms with van der Waals surface area (Å²) in [6.07, 6.45) is 6.75. The number of hydrogen-bond donors (Lipinski definition) is 1. The highest BCUT2D eigenvalue weighted by molar-refractivity contribution is 5.83. The molecule has 0 amide bonds. The Hall–Kier alpha value is -1.96. The zero-order valence-corrected chi connectivity index (χ0v) is 15.7. The van der Waals surface area contributed by atoms with E-state index >= 15 is 0 Å². The van der Waals surface area contributed by atoms with Crippen LogP contribution in [0.5, 0.6) is 0 Å². The molecular formula is C22H30O2. The molecule has 0 atom stereocenters. The molecule has 1 aliphatic rings. The van der Waals surface area contributed by atoms with E-state index in [0.29, 0.717) is 5.57 Å². The molecule has 0 radical (unpaired) electrons. The molecule has 0 aliphatic carbocycles. The Morgan fingerprint density at radius 1 is 1.29 bits per heavy atom. The van der Waals surface area contributed by atoms with E-state index in [1.807, 2.05) is 0 Å². The van der Waals surface area contributed by atoms with Crippen LogP contribution in [0.1, 0.15) is 70.1 Å². The van der Waals surface area contributed by atoms with Gasteiger partial charge in [-0.15, -0.1) is 0 Å². The number of aryl methyl sites for hydroxylation is 1. The van der Waals surface area contributed by atoms with Crippen LogP contribution in [0.3, 0.4) is 0 Å². The molecule has 2 heteroatoms. The Morgan fingerprint density at radius 3 is 2.62 bits per heavy atom. The first-order valence-corrected chi connectivity index (χ1v) is 8.86. The zero-order valence-electron chi connectivity index (χ0n) is 15.7. The van der Waals surface area contributed by atoms with Gasteiger partial charge in [0.25, 0.3) is 0 Å². The van der Waals surface area contributed by atoms with Gasteiger partial charge in [-0.05, 0) is 52.2 Å². The minimum absolute atomic E-state index is 0.0601. The molecule has 0 spiro atoms. The second-order valence-corrected chi connectivity index (χ2v) is 7.30. The summed E-state index contributed by atoms with van der Waals surface area (Å²) in [6, 6.07) is 6.28. The molecule has 1 aliphatic heterocycles. The van der Waals surface area contributed by atoms with Crippen LogP contribution in [0.15, 0.2) is 47.9 Å². The number of unbranched alkanes of at least 4 members (excludes halogenated alkanes) is 2. The van der Waals surface area contributed by atoms with Crippen LogP contribution in [-0.4, -0.2) is 5.11 Å². The van der Waals surface area contributed by atoms with Gasteiger partial charge in [-0.1, -0.05) is 55.7 Å². The SMILES string of the molecule is C=C(O)C1=C(/C=C(\C)CCCCC)OC(C)(C)c2ccc(C)cc21. The van der Waals surface area contributed by atoms with Gasteiger partial charge in [0.2, 0.25) is 0 Å². The Labute approximate surface area is 146 Å². The topological polar surface area (TPSA) is 29.5 Å².